The molecule has 0 spiro atoms. The Morgan fingerprint density at radius 3 is 0.706 bits per heavy atom. The zero-order valence-electron chi connectivity index (χ0n) is 26.2. The van der Waals surface area contributed by atoms with Gasteiger partial charge in [0.25, 0.3) is 0 Å². The van der Waals surface area contributed by atoms with E-state index in [2.05, 4.69) is 29.4 Å². The molecule has 0 amide bonds. The molecule has 0 unspecified atom stereocenters. The molecule has 21 nitrogen and oxygen atoms in total. The number of hydrogen-bond acceptors (Lipinski definition) is 14. The number of pyridine rings is 4. The first-order chi connectivity index (χ1) is 20.2. The number of aliphatic carboxylic acids is 4. The van der Waals surface area contributed by atoms with E-state index in [-0.39, 0.29) is 71.3 Å². The van der Waals surface area contributed by atoms with Gasteiger partial charge in [0.05, 0.1) is 73.1 Å². The van der Waals surface area contributed by atoms with E-state index in [1.807, 2.05) is 72.8 Å². The molecule has 0 aliphatic rings. The van der Waals surface area contributed by atoms with E-state index >= 15 is 0 Å². The largest absolute Gasteiger partial charge is 2.00 e. The summed E-state index contributed by atoms with van der Waals surface area (Å²) >= 11 is 0. The first kappa shape index (κ1) is 68.1. The number of hydrogen-bond donors (Lipinski definition) is 0. The van der Waals surface area contributed by atoms with Crippen LogP contribution in [-0.2, 0) is 72.6 Å². The van der Waals surface area contributed by atoms with Gasteiger partial charge in [0.1, 0.15) is 0 Å². The van der Waals surface area contributed by atoms with Crippen molar-refractivity contribution in [3.63, 3.8) is 0 Å². The van der Waals surface area contributed by atoms with Gasteiger partial charge in [-0.15, -0.1) is 0 Å². The Morgan fingerprint density at radius 2 is 0.588 bits per heavy atom. The topological polar surface area (TPSA) is 454 Å². The third-order valence-corrected chi connectivity index (χ3v) is 4.06. The van der Waals surface area contributed by atoms with Crippen molar-refractivity contribution >= 4 is 23.9 Å². The normalized spacial score (nSPS) is 7.69. The van der Waals surface area contributed by atoms with Crippen LogP contribution in [0.15, 0.2) is 97.6 Å². The van der Waals surface area contributed by atoms with Gasteiger partial charge in [0.15, 0.2) is 0 Å². The Hall–Kier alpha value is -4.89. The van der Waals surface area contributed by atoms with Crippen LogP contribution < -0.4 is 20.4 Å². The Balaban J connectivity index is -0.0000000629. The molecule has 0 aliphatic carbocycles. The van der Waals surface area contributed by atoms with Crippen molar-refractivity contribution in [1.29, 1.82) is 0 Å². The molecule has 51 heavy (non-hydrogen) atoms. The number of carboxylic acid groups (broad SMARTS) is 4. The van der Waals surface area contributed by atoms with E-state index in [1.165, 1.54) is 0 Å². The van der Waals surface area contributed by atoms with E-state index in [1.54, 1.807) is 24.8 Å². The molecule has 0 saturated heterocycles. The standard InChI is InChI=1S/2C10H8N2.2C4H6O5.2Ni.7H2O/c2*1-3-7-11-9(5-1)10-6-2-4-8-12-10;2*5-3(6)1-9-2-4(7)8;;;;;;;;;/h2*1-8H;2*1-2H2,(H,5,6)(H,7,8);;;7*1H2/q;;;;2*+2;;;;;;;/p-2. The van der Waals surface area contributed by atoms with Crippen molar-refractivity contribution in [3.05, 3.63) is 97.6 Å². The van der Waals surface area contributed by atoms with E-state index in [9.17, 15) is 39.6 Å². The summed E-state index contributed by atoms with van der Waals surface area (Å²) in [4.78, 5) is 54.9. The summed E-state index contributed by atoms with van der Waals surface area (Å²) in [5.41, 5.74) is 3.66. The van der Waals surface area contributed by atoms with Crippen molar-refractivity contribution in [3.8, 4) is 22.8 Å². The first-order valence-corrected chi connectivity index (χ1v) is 11.8. The molecule has 292 valence electrons. The van der Waals surface area contributed by atoms with E-state index in [0.717, 1.165) is 22.8 Å². The number of aromatic nitrogens is 4. The minimum absolute atomic E-state index is 0. The van der Waals surface area contributed by atoms with E-state index in [0.29, 0.717) is 0 Å². The summed E-state index contributed by atoms with van der Waals surface area (Å²) in [6.45, 7) is -2.86. The maximum Gasteiger partial charge on any atom is 2.00 e. The minimum Gasteiger partial charge on any atom is -0.548 e. The molecule has 0 fully saturated rings. The van der Waals surface area contributed by atoms with Crippen LogP contribution in [-0.4, -0.2) is 97.6 Å². The molecule has 4 rings (SSSR count). The quantitative estimate of drug-likeness (QED) is 0.106. The minimum atomic E-state index is -1.45. The average Bonchev–Trinajstić information content (AvgIpc) is 2.99. The van der Waals surface area contributed by atoms with Gasteiger partial charge >= 0.3 is 33.0 Å². The smallest absolute Gasteiger partial charge is 0.548 e. The molecule has 0 atom stereocenters. The van der Waals surface area contributed by atoms with Crippen LogP contribution in [0.2, 0.25) is 0 Å². The van der Waals surface area contributed by atoms with Gasteiger partial charge in [0, 0.05) is 24.8 Å². The number of rotatable bonds is 10. The molecule has 0 radical (unpaired) electrons. The predicted octanol–water partition coefficient (Wildman–Crippen LogP) is -8.68. The van der Waals surface area contributed by atoms with Crippen LogP contribution in [0, 0.1) is 0 Å². The molecule has 0 aromatic carbocycles. The summed E-state index contributed by atoms with van der Waals surface area (Å²) in [6, 6.07) is 23.2. The van der Waals surface area contributed by atoms with Crippen LogP contribution in [0.3, 0.4) is 0 Å². The third kappa shape index (κ3) is 37.8. The van der Waals surface area contributed by atoms with Crippen molar-refractivity contribution in [1.82, 2.24) is 19.9 Å². The van der Waals surface area contributed by atoms with Gasteiger partial charge in [-0.25, -0.2) is 0 Å². The number of nitrogens with zero attached hydrogens (tertiary/aromatic N) is 4. The van der Waals surface area contributed by atoms with Crippen molar-refractivity contribution in [2.24, 2.45) is 0 Å². The monoisotopic (exact) mass is 820 g/mol. The van der Waals surface area contributed by atoms with Gasteiger partial charge in [-0.1, -0.05) is 24.3 Å². The van der Waals surface area contributed by atoms with Crippen LogP contribution in [0.1, 0.15) is 0 Å². The summed E-state index contributed by atoms with van der Waals surface area (Å²) in [5, 5.41) is 38.1. The maximum absolute atomic E-state index is 9.53. The first-order valence-electron chi connectivity index (χ1n) is 11.8. The molecule has 0 aliphatic heterocycles. The second kappa shape index (κ2) is 43.1. The number of carbonyl (C=O) groups is 4. The second-order valence-corrected chi connectivity index (χ2v) is 7.33. The Kier molecular flexibility index (Phi) is 57.6. The number of carbonyl (C=O) groups excluding carboxylic acids is 4. The SMILES string of the molecule is O.O.O.O.O.O=C([O-])COCC(=O)[O-].O=C([O-])COCC(=O)[O-].[Ni+2].[Ni+2].[OH3+].[OH3+].c1ccc(-c2ccccn2)nc1.c1ccc(-c2ccccn2)nc1. The molecule has 4 aromatic rings. The van der Waals surface area contributed by atoms with Crippen LogP contribution in [0.5, 0.6) is 0 Å². The van der Waals surface area contributed by atoms with Crippen LogP contribution >= 0.6 is 0 Å². The van der Waals surface area contributed by atoms with Crippen LogP contribution in [0.25, 0.3) is 22.8 Å². The van der Waals surface area contributed by atoms with Gasteiger partial charge < -0.3 is 87.4 Å². The van der Waals surface area contributed by atoms with Crippen molar-refractivity contribution in [2.75, 3.05) is 26.4 Å². The van der Waals surface area contributed by atoms with Gasteiger partial charge in [-0.05, 0) is 48.5 Å². The van der Waals surface area contributed by atoms with Crippen molar-refractivity contribution < 1.29 is 120 Å². The van der Waals surface area contributed by atoms with Crippen LogP contribution in [0.4, 0.5) is 0 Å². The van der Waals surface area contributed by atoms with Crippen molar-refractivity contribution in [2.45, 2.75) is 0 Å². The third-order valence-electron chi connectivity index (χ3n) is 4.06. The molecular formula is C28H40N4Ni2O17+2. The molecule has 23 heteroatoms. The van der Waals surface area contributed by atoms with Gasteiger partial charge in [-0.3, -0.25) is 19.9 Å². The second-order valence-electron chi connectivity index (χ2n) is 7.33. The van der Waals surface area contributed by atoms with E-state index in [4.69, 9.17) is 0 Å². The molecule has 16 N–H and O–H groups in total. The van der Waals surface area contributed by atoms with Gasteiger partial charge in [-0.2, -0.15) is 0 Å². The fraction of sp³-hybridized carbons (Fsp3) is 0.143. The molecule has 0 saturated carbocycles. The number of carboxylic acids is 4. The van der Waals surface area contributed by atoms with E-state index < -0.39 is 50.3 Å². The maximum atomic E-state index is 9.53. The summed E-state index contributed by atoms with van der Waals surface area (Å²) in [6.07, 6.45) is 7.07. The number of ether oxygens (including phenoxy) is 2. The molecule has 4 heterocycles. The molecule has 0 bridgehead atoms. The zero-order chi connectivity index (χ0) is 31.0. The Bertz CT molecular complexity index is 1150. The Labute approximate surface area is 310 Å². The summed E-state index contributed by atoms with van der Waals surface area (Å²) in [7, 11) is 0. The Morgan fingerprint density at radius 1 is 0.412 bits per heavy atom. The molecule has 4 aromatic heterocycles. The average molecular weight is 822 g/mol. The van der Waals surface area contributed by atoms with Gasteiger partial charge in [0.2, 0.25) is 0 Å². The zero-order valence-corrected chi connectivity index (χ0v) is 28.2. The fourth-order valence-electron chi connectivity index (χ4n) is 2.49. The predicted molar refractivity (Wildman–Crippen MR) is 164 cm³/mol. The fourth-order valence-corrected chi connectivity index (χ4v) is 2.49. The summed E-state index contributed by atoms with van der Waals surface area (Å²) in [5.74, 6) is -5.79. The summed E-state index contributed by atoms with van der Waals surface area (Å²) < 4.78 is 8.06. The molecular weight excluding hydrogens is 782 g/mol.